The van der Waals surface area contributed by atoms with E-state index in [4.69, 9.17) is 25.8 Å². The summed E-state index contributed by atoms with van der Waals surface area (Å²) >= 11 is 6.14. The molecule has 144 valence electrons. The summed E-state index contributed by atoms with van der Waals surface area (Å²) in [7, 11) is 1.57. The SMILES string of the molecule is COc1ccccc1OCCC(=O)Nc1ccccc1Oc1ccccc1Cl. The maximum absolute atomic E-state index is 12.3. The quantitative estimate of drug-likeness (QED) is 0.541. The molecule has 0 aliphatic heterocycles. The first kappa shape index (κ1) is 19.6. The van der Waals surface area contributed by atoms with E-state index in [0.717, 1.165) is 0 Å². The number of benzene rings is 3. The zero-order valence-corrected chi connectivity index (χ0v) is 16.1. The van der Waals surface area contributed by atoms with Crippen LogP contribution in [0.4, 0.5) is 5.69 Å². The largest absolute Gasteiger partial charge is 0.493 e. The van der Waals surface area contributed by atoms with Gasteiger partial charge in [0.15, 0.2) is 17.2 Å². The molecular weight excluding hydrogens is 378 g/mol. The van der Waals surface area contributed by atoms with Gasteiger partial charge in [0, 0.05) is 0 Å². The van der Waals surface area contributed by atoms with Crippen molar-refractivity contribution in [1.29, 1.82) is 0 Å². The fourth-order valence-corrected chi connectivity index (χ4v) is 2.68. The number of hydrogen-bond acceptors (Lipinski definition) is 4. The standard InChI is InChI=1S/C22H20ClNO4/c1-26-20-12-6-7-13-21(20)27-15-14-22(25)24-17-9-3-5-11-19(17)28-18-10-4-2-8-16(18)23/h2-13H,14-15H2,1H3,(H,24,25). The fourth-order valence-electron chi connectivity index (χ4n) is 2.51. The number of methoxy groups -OCH3 is 1. The molecule has 0 aliphatic carbocycles. The monoisotopic (exact) mass is 397 g/mol. The molecule has 0 aromatic heterocycles. The van der Waals surface area contributed by atoms with Gasteiger partial charge in [-0.15, -0.1) is 0 Å². The van der Waals surface area contributed by atoms with Crippen molar-refractivity contribution in [3.8, 4) is 23.0 Å². The van der Waals surface area contributed by atoms with E-state index in [0.29, 0.717) is 33.7 Å². The molecule has 3 rings (SSSR count). The van der Waals surface area contributed by atoms with Gasteiger partial charge in [0.25, 0.3) is 0 Å². The molecule has 0 unspecified atom stereocenters. The van der Waals surface area contributed by atoms with Crippen molar-refractivity contribution in [2.45, 2.75) is 6.42 Å². The average Bonchev–Trinajstić information content (AvgIpc) is 2.71. The van der Waals surface area contributed by atoms with Gasteiger partial charge in [0.05, 0.1) is 30.8 Å². The predicted molar refractivity (Wildman–Crippen MR) is 110 cm³/mol. The van der Waals surface area contributed by atoms with Crippen LogP contribution in [0, 0.1) is 0 Å². The van der Waals surface area contributed by atoms with E-state index in [1.54, 1.807) is 43.5 Å². The fraction of sp³-hybridized carbons (Fsp3) is 0.136. The van der Waals surface area contributed by atoms with Crippen LogP contribution in [0.15, 0.2) is 72.8 Å². The van der Waals surface area contributed by atoms with Gasteiger partial charge < -0.3 is 19.5 Å². The molecule has 6 heteroatoms. The molecule has 1 N–H and O–H groups in total. The first-order valence-electron chi connectivity index (χ1n) is 8.74. The maximum Gasteiger partial charge on any atom is 0.227 e. The number of amides is 1. The van der Waals surface area contributed by atoms with Crippen LogP contribution in [-0.4, -0.2) is 19.6 Å². The number of nitrogens with one attached hydrogen (secondary N) is 1. The highest BCUT2D eigenvalue weighted by Gasteiger charge is 2.11. The average molecular weight is 398 g/mol. The van der Waals surface area contributed by atoms with Crippen LogP contribution in [0.2, 0.25) is 5.02 Å². The number of hydrogen-bond donors (Lipinski definition) is 1. The number of ether oxygens (including phenoxy) is 3. The number of rotatable bonds is 8. The number of para-hydroxylation sites is 5. The highest BCUT2D eigenvalue weighted by atomic mass is 35.5. The van der Waals surface area contributed by atoms with Crippen molar-refractivity contribution in [1.82, 2.24) is 0 Å². The van der Waals surface area contributed by atoms with Gasteiger partial charge in [-0.2, -0.15) is 0 Å². The molecule has 1 amide bonds. The molecule has 0 spiro atoms. The summed E-state index contributed by atoms with van der Waals surface area (Å²) in [6.45, 7) is 0.222. The molecule has 0 saturated heterocycles. The lowest BCUT2D eigenvalue weighted by atomic mass is 10.2. The van der Waals surface area contributed by atoms with Crippen LogP contribution in [0.3, 0.4) is 0 Å². The van der Waals surface area contributed by atoms with Crippen molar-refractivity contribution in [2.24, 2.45) is 0 Å². The third-order valence-electron chi connectivity index (χ3n) is 3.87. The summed E-state index contributed by atoms with van der Waals surface area (Å²) in [4.78, 5) is 12.3. The van der Waals surface area contributed by atoms with Crippen molar-refractivity contribution >= 4 is 23.2 Å². The number of anilines is 1. The van der Waals surface area contributed by atoms with Gasteiger partial charge in [-0.05, 0) is 36.4 Å². The molecule has 0 saturated carbocycles. The van der Waals surface area contributed by atoms with Crippen LogP contribution in [-0.2, 0) is 4.79 Å². The Kier molecular flexibility index (Phi) is 6.76. The van der Waals surface area contributed by atoms with Gasteiger partial charge in [-0.3, -0.25) is 4.79 Å². The van der Waals surface area contributed by atoms with Gasteiger partial charge >= 0.3 is 0 Å². The van der Waals surface area contributed by atoms with E-state index in [9.17, 15) is 4.79 Å². The summed E-state index contributed by atoms with van der Waals surface area (Å²) in [6.07, 6.45) is 0.179. The predicted octanol–water partition coefficient (Wildman–Crippen LogP) is 5.55. The van der Waals surface area contributed by atoms with Crippen LogP contribution < -0.4 is 19.5 Å². The van der Waals surface area contributed by atoms with Crippen molar-refractivity contribution in [2.75, 3.05) is 19.0 Å². The second-order valence-corrected chi connectivity index (χ2v) is 6.23. The summed E-state index contributed by atoms with van der Waals surface area (Å²) < 4.78 is 16.7. The summed E-state index contributed by atoms with van der Waals surface area (Å²) in [6, 6.07) is 21.6. The molecule has 5 nitrogen and oxygen atoms in total. The molecule has 3 aromatic carbocycles. The third kappa shape index (κ3) is 5.18. The van der Waals surface area contributed by atoms with Crippen molar-refractivity contribution in [3.63, 3.8) is 0 Å². The molecule has 0 atom stereocenters. The van der Waals surface area contributed by atoms with Crippen molar-refractivity contribution < 1.29 is 19.0 Å². The molecule has 0 fully saturated rings. The lowest BCUT2D eigenvalue weighted by molar-refractivity contribution is -0.116. The Balaban J connectivity index is 1.59. The van der Waals surface area contributed by atoms with E-state index < -0.39 is 0 Å². The minimum Gasteiger partial charge on any atom is -0.493 e. The lowest BCUT2D eigenvalue weighted by Gasteiger charge is -2.13. The first-order valence-corrected chi connectivity index (χ1v) is 9.12. The zero-order chi connectivity index (χ0) is 19.8. The highest BCUT2D eigenvalue weighted by Crippen LogP contribution is 2.33. The Morgan fingerprint density at radius 3 is 2.18 bits per heavy atom. The second kappa shape index (κ2) is 9.67. The van der Waals surface area contributed by atoms with Gasteiger partial charge in [0.2, 0.25) is 5.91 Å². The Labute approximate surface area is 168 Å². The second-order valence-electron chi connectivity index (χ2n) is 5.83. The summed E-state index contributed by atoms with van der Waals surface area (Å²) in [5.74, 6) is 2.06. The van der Waals surface area contributed by atoms with Crippen LogP contribution in [0.1, 0.15) is 6.42 Å². The van der Waals surface area contributed by atoms with E-state index in [2.05, 4.69) is 5.32 Å². The van der Waals surface area contributed by atoms with E-state index in [1.807, 2.05) is 36.4 Å². The molecule has 0 radical (unpaired) electrons. The normalized spacial score (nSPS) is 10.2. The third-order valence-corrected chi connectivity index (χ3v) is 4.19. The Bertz CT molecular complexity index is 945. The van der Waals surface area contributed by atoms with Gasteiger partial charge in [-0.1, -0.05) is 48.0 Å². The smallest absolute Gasteiger partial charge is 0.227 e. The van der Waals surface area contributed by atoms with E-state index in [-0.39, 0.29) is 18.9 Å². The molecule has 3 aromatic rings. The van der Waals surface area contributed by atoms with Crippen LogP contribution in [0.25, 0.3) is 0 Å². The number of halogens is 1. The Morgan fingerprint density at radius 2 is 1.46 bits per heavy atom. The Morgan fingerprint density at radius 1 is 0.857 bits per heavy atom. The van der Waals surface area contributed by atoms with E-state index >= 15 is 0 Å². The summed E-state index contributed by atoms with van der Waals surface area (Å²) in [5, 5.41) is 3.34. The minimum atomic E-state index is -0.190. The molecule has 0 heterocycles. The van der Waals surface area contributed by atoms with Crippen LogP contribution >= 0.6 is 11.6 Å². The topological polar surface area (TPSA) is 56.8 Å². The minimum absolute atomic E-state index is 0.179. The van der Waals surface area contributed by atoms with Crippen LogP contribution in [0.5, 0.6) is 23.0 Å². The molecule has 0 bridgehead atoms. The lowest BCUT2D eigenvalue weighted by Crippen LogP contribution is -2.15. The molecular formula is C22H20ClNO4. The van der Waals surface area contributed by atoms with E-state index in [1.165, 1.54) is 0 Å². The number of carbonyl (C=O) groups is 1. The van der Waals surface area contributed by atoms with Gasteiger partial charge in [0.1, 0.15) is 5.75 Å². The maximum atomic E-state index is 12.3. The Hall–Kier alpha value is -3.18. The zero-order valence-electron chi connectivity index (χ0n) is 15.4. The van der Waals surface area contributed by atoms with Crippen molar-refractivity contribution in [3.05, 3.63) is 77.8 Å². The van der Waals surface area contributed by atoms with Gasteiger partial charge in [-0.25, -0.2) is 0 Å². The molecule has 28 heavy (non-hydrogen) atoms. The first-order chi connectivity index (χ1) is 13.7. The molecule has 0 aliphatic rings. The summed E-state index contributed by atoms with van der Waals surface area (Å²) in [5.41, 5.74) is 0.560. The number of carbonyl (C=O) groups excluding carboxylic acids is 1. The highest BCUT2D eigenvalue weighted by molar-refractivity contribution is 6.32.